The molecule has 0 saturated carbocycles. The molecule has 26 heavy (non-hydrogen) atoms. The number of nitrogens with one attached hydrogen (secondary N) is 1. The predicted molar refractivity (Wildman–Crippen MR) is 103 cm³/mol. The van der Waals surface area contributed by atoms with Crippen molar-refractivity contribution in [2.24, 2.45) is 0 Å². The minimum Gasteiger partial charge on any atom is -0.497 e. The van der Waals surface area contributed by atoms with Gasteiger partial charge in [0.1, 0.15) is 5.75 Å². The SMILES string of the molecule is CCCN1CCN(C(=O)CCc2cc3cc(OC)ccc3[nH]c2=O)CC1. The molecule has 2 aromatic rings. The van der Waals surface area contributed by atoms with Gasteiger partial charge in [-0.05, 0) is 43.7 Å². The third-order valence-electron chi connectivity index (χ3n) is 5.00. The molecule has 3 rings (SSSR count). The van der Waals surface area contributed by atoms with Gasteiger partial charge in [0.15, 0.2) is 0 Å². The van der Waals surface area contributed by atoms with Crippen molar-refractivity contribution in [3.8, 4) is 5.75 Å². The molecule has 2 heterocycles. The number of carbonyl (C=O) groups excluding carboxylic acids is 1. The van der Waals surface area contributed by atoms with Gasteiger partial charge in [0.25, 0.3) is 5.56 Å². The molecule has 1 saturated heterocycles. The number of ether oxygens (including phenoxy) is 1. The van der Waals surface area contributed by atoms with Crippen molar-refractivity contribution in [2.45, 2.75) is 26.2 Å². The number of piperazine rings is 1. The van der Waals surface area contributed by atoms with E-state index in [4.69, 9.17) is 4.74 Å². The van der Waals surface area contributed by atoms with Crippen LogP contribution in [0, 0.1) is 0 Å². The molecule has 0 spiro atoms. The first-order chi connectivity index (χ1) is 12.6. The van der Waals surface area contributed by atoms with Crippen LogP contribution in [-0.2, 0) is 11.2 Å². The van der Waals surface area contributed by atoms with Crippen LogP contribution in [0.1, 0.15) is 25.3 Å². The van der Waals surface area contributed by atoms with Crippen molar-refractivity contribution in [2.75, 3.05) is 39.8 Å². The molecular weight excluding hydrogens is 330 g/mol. The molecule has 1 fully saturated rings. The molecular formula is C20H27N3O3. The highest BCUT2D eigenvalue weighted by Crippen LogP contribution is 2.19. The second-order valence-corrected chi connectivity index (χ2v) is 6.80. The summed E-state index contributed by atoms with van der Waals surface area (Å²) in [6.45, 7) is 6.71. The van der Waals surface area contributed by atoms with Crippen molar-refractivity contribution >= 4 is 16.8 Å². The minimum absolute atomic E-state index is 0.122. The van der Waals surface area contributed by atoms with E-state index in [2.05, 4.69) is 16.8 Å². The standard InChI is InChI=1S/C20H27N3O3/c1-3-8-22-9-11-23(12-10-22)19(24)7-4-15-13-16-14-17(26-2)5-6-18(16)21-20(15)25/h5-6,13-14H,3-4,7-12H2,1-2H3,(H,21,25). The molecule has 6 nitrogen and oxygen atoms in total. The number of fused-ring (bicyclic) bond motifs is 1. The van der Waals surface area contributed by atoms with Gasteiger partial charge in [-0.1, -0.05) is 6.92 Å². The number of aromatic nitrogens is 1. The predicted octanol–water partition coefficient (Wildman–Crippen LogP) is 2.02. The summed E-state index contributed by atoms with van der Waals surface area (Å²) in [6, 6.07) is 7.41. The fourth-order valence-electron chi connectivity index (χ4n) is 3.48. The average molecular weight is 357 g/mol. The number of aryl methyl sites for hydroxylation is 1. The van der Waals surface area contributed by atoms with E-state index in [1.807, 2.05) is 29.2 Å². The third-order valence-corrected chi connectivity index (χ3v) is 5.00. The highest BCUT2D eigenvalue weighted by molar-refractivity contribution is 5.81. The lowest BCUT2D eigenvalue weighted by Crippen LogP contribution is -2.48. The Morgan fingerprint density at radius 2 is 1.96 bits per heavy atom. The maximum absolute atomic E-state index is 12.5. The Labute approximate surface area is 153 Å². The first-order valence-corrected chi connectivity index (χ1v) is 9.30. The molecule has 140 valence electrons. The topological polar surface area (TPSA) is 65.6 Å². The van der Waals surface area contributed by atoms with Crippen LogP contribution < -0.4 is 10.3 Å². The zero-order chi connectivity index (χ0) is 18.5. The summed E-state index contributed by atoms with van der Waals surface area (Å²) < 4.78 is 5.24. The zero-order valence-corrected chi connectivity index (χ0v) is 15.6. The monoisotopic (exact) mass is 357 g/mol. The molecule has 0 atom stereocenters. The van der Waals surface area contributed by atoms with Crippen LogP contribution >= 0.6 is 0 Å². The van der Waals surface area contributed by atoms with Gasteiger partial charge in [-0.25, -0.2) is 0 Å². The maximum atomic E-state index is 12.5. The maximum Gasteiger partial charge on any atom is 0.251 e. The Kier molecular flexibility index (Phi) is 5.93. The van der Waals surface area contributed by atoms with Gasteiger partial charge in [0, 0.05) is 49.1 Å². The van der Waals surface area contributed by atoms with Gasteiger partial charge in [0.05, 0.1) is 7.11 Å². The number of H-pyrrole nitrogens is 1. The molecule has 1 aliphatic rings. The molecule has 0 radical (unpaired) electrons. The summed E-state index contributed by atoms with van der Waals surface area (Å²) in [5.41, 5.74) is 1.30. The van der Waals surface area contributed by atoms with E-state index in [9.17, 15) is 9.59 Å². The largest absolute Gasteiger partial charge is 0.497 e. The molecule has 1 N–H and O–H groups in total. The molecule has 6 heteroatoms. The Balaban J connectivity index is 1.63. The van der Waals surface area contributed by atoms with Gasteiger partial charge in [-0.2, -0.15) is 0 Å². The van der Waals surface area contributed by atoms with Crippen molar-refractivity contribution < 1.29 is 9.53 Å². The molecule has 1 aromatic heterocycles. The van der Waals surface area contributed by atoms with Gasteiger partial charge in [-0.3, -0.25) is 14.5 Å². The highest BCUT2D eigenvalue weighted by atomic mass is 16.5. The van der Waals surface area contributed by atoms with E-state index in [-0.39, 0.29) is 11.5 Å². The first-order valence-electron chi connectivity index (χ1n) is 9.30. The molecule has 1 aliphatic heterocycles. The van der Waals surface area contributed by atoms with Crippen LogP contribution in [0.25, 0.3) is 10.9 Å². The van der Waals surface area contributed by atoms with Crippen LogP contribution in [-0.4, -0.2) is 60.5 Å². The number of amides is 1. The van der Waals surface area contributed by atoms with Gasteiger partial charge in [0.2, 0.25) is 5.91 Å². The fraction of sp³-hybridized carbons (Fsp3) is 0.500. The summed E-state index contributed by atoms with van der Waals surface area (Å²) in [7, 11) is 1.62. The quantitative estimate of drug-likeness (QED) is 0.859. The van der Waals surface area contributed by atoms with Crippen molar-refractivity contribution in [3.05, 3.63) is 40.2 Å². The zero-order valence-electron chi connectivity index (χ0n) is 15.6. The van der Waals surface area contributed by atoms with Crippen molar-refractivity contribution in [3.63, 3.8) is 0 Å². The fourth-order valence-corrected chi connectivity index (χ4v) is 3.48. The average Bonchev–Trinajstić information content (AvgIpc) is 2.66. The van der Waals surface area contributed by atoms with E-state index in [0.717, 1.165) is 55.8 Å². The summed E-state index contributed by atoms with van der Waals surface area (Å²) in [6.07, 6.45) is 1.96. The lowest BCUT2D eigenvalue weighted by molar-refractivity contribution is -0.132. The Morgan fingerprint density at radius 3 is 2.65 bits per heavy atom. The molecule has 0 unspecified atom stereocenters. The molecule has 1 amide bonds. The van der Waals surface area contributed by atoms with E-state index >= 15 is 0 Å². The Morgan fingerprint density at radius 1 is 1.19 bits per heavy atom. The number of methoxy groups -OCH3 is 1. The lowest BCUT2D eigenvalue weighted by Gasteiger charge is -2.34. The minimum atomic E-state index is -0.122. The van der Waals surface area contributed by atoms with Crippen LogP contribution in [0.2, 0.25) is 0 Å². The van der Waals surface area contributed by atoms with Crippen LogP contribution in [0.3, 0.4) is 0 Å². The summed E-state index contributed by atoms with van der Waals surface area (Å²) in [5, 5.41) is 0.916. The van der Waals surface area contributed by atoms with E-state index in [1.165, 1.54) is 0 Å². The number of nitrogens with zero attached hydrogens (tertiary/aromatic N) is 2. The van der Waals surface area contributed by atoms with E-state index in [0.29, 0.717) is 18.4 Å². The highest BCUT2D eigenvalue weighted by Gasteiger charge is 2.20. The summed E-state index contributed by atoms with van der Waals surface area (Å²) in [4.78, 5) is 32.0. The van der Waals surface area contributed by atoms with Gasteiger partial charge in [-0.15, -0.1) is 0 Å². The number of hydrogen-bond donors (Lipinski definition) is 1. The van der Waals surface area contributed by atoms with Crippen LogP contribution in [0.4, 0.5) is 0 Å². The van der Waals surface area contributed by atoms with E-state index < -0.39 is 0 Å². The van der Waals surface area contributed by atoms with Crippen molar-refractivity contribution in [1.29, 1.82) is 0 Å². The smallest absolute Gasteiger partial charge is 0.251 e. The number of benzene rings is 1. The Hall–Kier alpha value is -2.34. The molecule has 0 aliphatic carbocycles. The second kappa shape index (κ2) is 8.36. The van der Waals surface area contributed by atoms with Gasteiger partial charge < -0.3 is 14.6 Å². The van der Waals surface area contributed by atoms with E-state index in [1.54, 1.807) is 7.11 Å². The van der Waals surface area contributed by atoms with Crippen LogP contribution in [0.5, 0.6) is 5.75 Å². The number of aromatic amines is 1. The van der Waals surface area contributed by atoms with Crippen LogP contribution in [0.15, 0.2) is 29.1 Å². The number of hydrogen-bond acceptors (Lipinski definition) is 4. The lowest BCUT2D eigenvalue weighted by atomic mass is 10.1. The third kappa shape index (κ3) is 4.25. The molecule has 0 bridgehead atoms. The molecule has 1 aromatic carbocycles. The second-order valence-electron chi connectivity index (χ2n) is 6.80. The number of carbonyl (C=O) groups is 1. The first kappa shape index (κ1) is 18.5. The number of pyridine rings is 1. The van der Waals surface area contributed by atoms with Gasteiger partial charge >= 0.3 is 0 Å². The summed E-state index contributed by atoms with van der Waals surface area (Å²) >= 11 is 0. The Bertz CT molecular complexity index is 823. The summed E-state index contributed by atoms with van der Waals surface area (Å²) in [5.74, 6) is 0.878. The van der Waals surface area contributed by atoms with Crippen molar-refractivity contribution in [1.82, 2.24) is 14.8 Å². The normalized spacial score (nSPS) is 15.4. The number of rotatable bonds is 6.